The molecule has 0 aliphatic heterocycles. The molecule has 2 aromatic carbocycles. The molecule has 0 saturated heterocycles. The molecule has 0 aliphatic rings. The van der Waals surface area contributed by atoms with Crippen molar-refractivity contribution in [3.63, 3.8) is 0 Å². The molecule has 0 aliphatic carbocycles. The van der Waals surface area contributed by atoms with Crippen molar-refractivity contribution in [3.8, 4) is 17.2 Å². The summed E-state index contributed by atoms with van der Waals surface area (Å²) < 4.78 is 20.8. The lowest BCUT2D eigenvalue weighted by Gasteiger charge is -2.14. The first-order valence-corrected chi connectivity index (χ1v) is 8.98. The van der Waals surface area contributed by atoms with E-state index in [4.69, 9.17) is 18.9 Å². The number of nitrogens with one attached hydrogen (secondary N) is 2. The maximum absolute atomic E-state index is 12.2. The number of esters is 1. The number of hydrogen-bond acceptors (Lipinski definition) is 7. The van der Waals surface area contributed by atoms with Crippen LogP contribution in [0.25, 0.3) is 0 Å². The van der Waals surface area contributed by atoms with Crippen LogP contribution in [0.2, 0.25) is 0 Å². The van der Waals surface area contributed by atoms with Gasteiger partial charge in [0, 0.05) is 30.8 Å². The monoisotopic (exact) mass is 416 g/mol. The van der Waals surface area contributed by atoms with Crippen LogP contribution in [0.1, 0.15) is 22.8 Å². The van der Waals surface area contributed by atoms with Gasteiger partial charge in [0.2, 0.25) is 5.91 Å². The average molecular weight is 416 g/mol. The predicted octanol–water partition coefficient (Wildman–Crippen LogP) is 2.14. The quantitative estimate of drug-likeness (QED) is 0.602. The van der Waals surface area contributed by atoms with E-state index >= 15 is 0 Å². The summed E-state index contributed by atoms with van der Waals surface area (Å²) in [6, 6.07) is 9.59. The first-order chi connectivity index (χ1) is 14.4. The maximum atomic E-state index is 12.2. The summed E-state index contributed by atoms with van der Waals surface area (Å²) in [5.74, 6) is 0.0809. The molecule has 2 rings (SSSR count). The lowest BCUT2D eigenvalue weighted by Crippen LogP contribution is -2.28. The van der Waals surface area contributed by atoms with Crippen LogP contribution in [0.5, 0.6) is 17.2 Å². The summed E-state index contributed by atoms with van der Waals surface area (Å²) >= 11 is 0. The molecule has 160 valence electrons. The van der Waals surface area contributed by atoms with Crippen molar-refractivity contribution >= 4 is 23.5 Å². The summed E-state index contributed by atoms with van der Waals surface area (Å²) in [6.45, 7) is 1.04. The SMILES string of the molecule is COc1cc(OC)c(OC)cc1CNC(=O)COC(=O)c1cccc(NC(C)=O)c1. The molecule has 9 heteroatoms. The Morgan fingerprint density at radius 3 is 2.20 bits per heavy atom. The van der Waals surface area contributed by atoms with Gasteiger partial charge in [-0.3, -0.25) is 9.59 Å². The standard InChI is InChI=1S/C21H24N2O7/c1-13(24)23-16-7-5-6-14(8-16)21(26)30-12-20(25)22-11-15-9-18(28-3)19(29-4)10-17(15)27-2/h5-10H,11-12H2,1-4H3,(H,22,25)(H,23,24). The Bertz CT molecular complexity index is 928. The topological polar surface area (TPSA) is 112 Å². The summed E-state index contributed by atoms with van der Waals surface area (Å²) in [4.78, 5) is 35.4. The Morgan fingerprint density at radius 1 is 0.900 bits per heavy atom. The third-order valence-electron chi connectivity index (χ3n) is 4.02. The number of amides is 2. The van der Waals surface area contributed by atoms with Gasteiger partial charge >= 0.3 is 5.97 Å². The van der Waals surface area contributed by atoms with Crippen molar-refractivity contribution in [2.24, 2.45) is 0 Å². The first kappa shape index (κ1) is 22.5. The minimum absolute atomic E-state index is 0.137. The highest BCUT2D eigenvalue weighted by Gasteiger charge is 2.14. The maximum Gasteiger partial charge on any atom is 0.338 e. The summed E-state index contributed by atoms with van der Waals surface area (Å²) in [5.41, 5.74) is 1.34. The fourth-order valence-electron chi connectivity index (χ4n) is 2.62. The van der Waals surface area contributed by atoms with E-state index in [1.54, 1.807) is 24.3 Å². The van der Waals surface area contributed by atoms with Gasteiger partial charge in [0.25, 0.3) is 5.91 Å². The Kier molecular flexibility index (Phi) is 8.04. The molecule has 0 unspecified atom stereocenters. The molecule has 0 heterocycles. The molecule has 2 aromatic rings. The molecule has 0 bridgehead atoms. The lowest BCUT2D eigenvalue weighted by atomic mass is 10.1. The molecular weight excluding hydrogens is 392 g/mol. The number of benzene rings is 2. The van der Waals surface area contributed by atoms with Crippen LogP contribution in [0, 0.1) is 0 Å². The molecule has 0 saturated carbocycles. The minimum atomic E-state index is -0.680. The highest BCUT2D eigenvalue weighted by Crippen LogP contribution is 2.34. The van der Waals surface area contributed by atoms with E-state index in [9.17, 15) is 14.4 Å². The predicted molar refractivity (Wildman–Crippen MR) is 109 cm³/mol. The smallest absolute Gasteiger partial charge is 0.338 e. The minimum Gasteiger partial charge on any atom is -0.496 e. The van der Waals surface area contributed by atoms with E-state index in [1.807, 2.05) is 0 Å². The zero-order chi connectivity index (χ0) is 22.1. The summed E-state index contributed by atoms with van der Waals surface area (Å²) in [7, 11) is 4.52. The van der Waals surface area contributed by atoms with Crippen LogP contribution < -0.4 is 24.8 Å². The van der Waals surface area contributed by atoms with Gasteiger partial charge in [-0.25, -0.2) is 4.79 Å². The van der Waals surface area contributed by atoms with Crippen LogP contribution in [-0.2, 0) is 20.9 Å². The zero-order valence-corrected chi connectivity index (χ0v) is 17.2. The molecule has 0 fully saturated rings. The molecule has 0 aromatic heterocycles. The molecule has 0 atom stereocenters. The van der Waals surface area contributed by atoms with Crippen molar-refractivity contribution in [2.45, 2.75) is 13.5 Å². The van der Waals surface area contributed by atoms with E-state index in [1.165, 1.54) is 40.4 Å². The van der Waals surface area contributed by atoms with E-state index in [2.05, 4.69) is 10.6 Å². The molecule has 9 nitrogen and oxygen atoms in total. The van der Waals surface area contributed by atoms with Crippen molar-refractivity contribution in [3.05, 3.63) is 47.5 Å². The highest BCUT2D eigenvalue weighted by atomic mass is 16.5. The van der Waals surface area contributed by atoms with Gasteiger partial charge < -0.3 is 29.6 Å². The normalized spacial score (nSPS) is 10.0. The average Bonchev–Trinajstić information content (AvgIpc) is 2.74. The van der Waals surface area contributed by atoms with Gasteiger partial charge in [-0.1, -0.05) is 6.07 Å². The molecule has 2 N–H and O–H groups in total. The van der Waals surface area contributed by atoms with Crippen molar-refractivity contribution < 1.29 is 33.3 Å². The zero-order valence-electron chi connectivity index (χ0n) is 17.2. The van der Waals surface area contributed by atoms with Gasteiger partial charge in [-0.05, 0) is 24.3 Å². The largest absolute Gasteiger partial charge is 0.496 e. The van der Waals surface area contributed by atoms with E-state index < -0.39 is 18.5 Å². The second-order valence-electron chi connectivity index (χ2n) is 6.13. The van der Waals surface area contributed by atoms with Gasteiger partial charge in [0.05, 0.1) is 26.9 Å². The number of carbonyl (C=O) groups excluding carboxylic acids is 3. The Balaban J connectivity index is 1.94. The number of rotatable bonds is 9. The van der Waals surface area contributed by atoms with Crippen LogP contribution in [0.4, 0.5) is 5.69 Å². The fourth-order valence-corrected chi connectivity index (χ4v) is 2.62. The number of carbonyl (C=O) groups is 3. The van der Waals surface area contributed by atoms with E-state index in [0.29, 0.717) is 28.5 Å². The van der Waals surface area contributed by atoms with Crippen LogP contribution in [-0.4, -0.2) is 45.7 Å². The van der Waals surface area contributed by atoms with Crippen molar-refractivity contribution in [1.29, 1.82) is 0 Å². The van der Waals surface area contributed by atoms with Gasteiger partial charge in [0.1, 0.15) is 5.75 Å². The molecule has 0 spiro atoms. The second kappa shape index (κ2) is 10.7. The number of anilines is 1. The van der Waals surface area contributed by atoms with E-state index in [0.717, 1.165) is 0 Å². The van der Waals surface area contributed by atoms with Crippen LogP contribution in [0.3, 0.4) is 0 Å². The van der Waals surface area contributed by atoms with Crippen molar-refractivity contribution in [1.82, 2.24) is 5.32 Å². The fraction of sp³-hybridized carbons (Fsp3) is 0.286. The van der Waals surface area contributed by atoms with Crippen LogP contribution >= 0.6 is 0 Å². The number of ether oxygens (including phenoxy) is 4. The van der Waals surface area contributed by atoms with Crippen LogP contribution in [0.15, 0.2) is 36.4 Å². The third-order valence-corrected chi connectivity index (χ3v) is 4.02. The summed E-state index contributed by atoms with van der Waals surface area (Å²) in [5, 5.41) is 5.23. The van der Waals surface area contributed by atoms with Crippen molar-refractivity contribution in [2.75, 3.05) is 33.3 Å². The first-order valence-electron chi connectivity index (χ1n) is 8.98. The number of methoxy groups -OCH3 is 3. The van der Waals surface area contributed by atoms with Gasteiger partial charge in [-0.2, -0.15) is 0 Å². The lowest BCUT2D eigenvalue weighted by molar-refractivity contribution is -0.124. The highest BCUT2D eigenvalue weighted by molar-refractivity contribution is 5.94. The Labute approximate surface area is 174 Å². The third kappa shape index (κ3) is 6.13. The summed E-state index contributed by atoms with van der Waals surface area (Å²) in [6.07, 6.45) is 0. The molecular formula is C21H24N2O7. The molecule has 30 heavy (non-hydrogen) atoms. The Hall–Kier alpha value is -3.75. The molecule has 2 amide bonds. The second-order valence-corrected chi connectivity index (χ2v) is 6.13. The van der Waals surface area contributed by atoms with E-state index in [-0.39, 0.29) is 18.0 Å². The van der Waals surface area contributed by atoms with Gasteiger partial charge in [-0.15, -0.1) is 0 Å². The number of hydrogen-bond donors (Lipinski definition) is 2. The Morgan fingerprint density at radius 2 is 1.57 bits per heavy atom. The van der Waals surface area contributed by atoms with Gasteiger partial charge in [0.15, 0.2) is 18.1 Å². The molecule has 0 radical (unpaired) electrons.